The SMILES string of the molecule is N/C(CC(=O)N1CCc2ccccc2C1)=N\O. The topological polar surface area (TPSA) is 78.9 Å². The second kappa shape index (κ2) is 4.86. The van der Waals surface area contributed by atoms with Gasteiger partial charge in [0, 0.05) is 13.1 Å². The minimum atomic E-state index is -0.102. The minimum absolute atomic E-state index is 0.0291. The van der Waals surface area contributed by atoms with Crippen LogP contribution in [-0.4, -0.2) is 28.4 Å². The van der Waals surface area contributed by atoms with Gasteiger partial charge in [-0.3, -0.25) is 4.79 Å². The first kappa shape index (κ1) is 11.4. The van der Waals surface area contributed by atoms with Crippen molar-refractivity contribution in [3.8, 4) is 0 Å². The minimum Gasteiger partial charge on any atom is -0.409 e. The molecule has 17 heavy (non-hydrogen) atoms. The summed E-state index contributed by atoms with van der Waals surface area (Å²) in [4.78, 5) is 13.6. The first-order chi connectivity index (χ1) is 8.20. The number of hydrogen-bond donors (Lipinski definition) is 2. The van der Waals surface area contributed by atoms with Gasteiger partial charge in [-0.05, 0) is 17.5 Å². The van der Waals surface area contributed by atoms with E-state index in [0.29, 0.717) is 13.1 Å². The predicted molar refractivity (Wildman–Crippen MR) is 63.6 cm³/mol. The summed E-state index contributed by atoms with van der Waals surface area (Å²) in [5.41, 5.74) is 7.79. The lowest BCUT2D eigenvalue weighted by Gasteiger charge is -2.28. The molecule has 5 nitrogen and oxygen atoms in total. The molecule has 90 valence electrons. The van der Waals surface area contributed by atoms with Crippen molar-refractivity contribution in [2.75, 3.05) is 6.54 Å². The number of amidine groups is 1. The molecule has 0 saturated heterocycles. The molecule has 5 heteroatoms. The highest BCUT2D eigenvalue weighted by atomic mass is 16.4. The third-order valence-electron chi connectivity index (χ3n) is 2.94. The summed E-state index contributed by atoms with van der Waals surface area (Å²) in [5, 5.41) is 11.2. The Hall–Kier alpha value is -2.04. The number of fused-ring (bicyclic) bond motifs is 1. The quantitative estimate of drug-likeness (QED) is 0.342. The third-order valence-corrected chi connectivity index (χ3v) is 2.94. The molecule has 0 spiro atoms. The van der Waals surface area contributed by atoms with E-state index in [1.165, 1.54) is 11.1 Å². The van der Waals surface area contributed by atoms with Crippen LogP contribution in [0.3, 0.4) is 0 Å². The van der Waals surface area contributed by atoms with Crippen LogP contribution in [0.1, 0.15) is 17.5 Å². The fourth-order valence-electron chi connectivity index (χ4n) is 2.01. The van der Waals surface area contributed by atoms with Gasteiger partial charge in [0.15, 0.2) is 0 Å². The van der Waals surface area contributed by atoms with Gasteiger partial charge in [-0.25, -0.2) is 0 Å². The smallest absolute Gasteiger partial charge is 0.230 e. The van der Waals surface area contributed by atoms with Crippen LogP contribution in [0.4, 0.5) is 0 Å². The molecule has 0 aliphatic carbocycles. The second-order valence-electron chi connectivity index (χ2n) is 4.10. The summed E-state index contributed by atoms with van der Waals surface area (Å²) < 4.78 is 0. The van der Waals surface area contributed by atoms with E-state index >= 15 is 0 Å². The van der Waals surface area contributed by atoms with E-state index in [2.05, 4.69) is 11.2 Å². The van der Waals surface area contributed by atoms with E-state index < -0.39 is 0 Å². The Balaban J connectivity index is 2.05. The largest absolute Gasteiger partial charge is 0.409 e. The van der Waals surface area contributed by atoms with E-state index in [-0.39, 0.29) is 18.2 Å². The Morgan fingerprint density at radius 1 is 1.41 bits per heavy atom. The molecule has 0 aromatic heterocycles. The van der Waals surface area contributed by atoms with Crippen LogP contribution in [0.25, 0.3) is 0 Å². The Labute approximate surface area is 99.5 Å². The highest BCUT2D eigenvalue weighted by Gasteiger charge is 2.20. The van der Waals surface area contributed by atoms with Crippen molar-refractivity contribution >= 4 is 11.7 Å². The van der Waals surface area contributed by atoms with Crippen molar-refractivity contribution in [1.29, 1.82) is 0 Å². The molecular weight excluding hydrogens is 218 g/mol. The molecule has 1 aromatic carbocycles. The average molecular weight is 233 g/mol. The summed E-state index contributed by atoms with van der Waals surface area (Å²) in [5.74, 6) is -0.149. The highest BCUT2D eigenvalue weighted by molar-refractivity contribution is 5.98. The lowest BCUT2D eigenvalue weighted by Crippen LogP contribution is -2.37. The molecule has 1 amide bonds. The zero-order valence-electron chi connectivity index (χ0n) is 9.47. The van der Waals surface area contributed by atoms with Crippen LogP contribution in [0.2, 0.25) is 0 Å². The maximum Gasteiger partial charge on any atom is 0.230 e. The van der Waals surface area contributed by atoms with E-state index in [4.69, 9.17) is 10.9 Å². The van der Waals surface area contributed by atoms with Crippen molar-refractivity contribution in [3.63, 3.8) is 0 Å². The van der Waals surface area contributed by atoms with Crippen molar-refractivity contribution < 1.29 is 10.0 Å². The van der Waals surface area contributed by atoms with Gasteiger partial charge in [0.05, 0.1) is 6.42 Å². The molecule has 1 aliphatic rings. The van der Waals surface area contributed by atoms with Gasteiger partial charge in [0.25, 0.3) is 0 Å². The van der Waals surface area contributed by atoms with Gasteiger partial charge >= 0.3 is 0 Å². The predicted octanol–water partition coefficient (Wildman–Crippen LogP) is 0.708. The number of benzene rings is 1. The number of carbonyl (C=O) groups is 1. The molecule has 0 atom stereocenters. The van der Waals surface area contributed by atoms with Crippen LogP contribution in [-0.2, 0) is 17.8 Å². The molecule has 0 bridgehead atoms. The first-order valence-electron chi connectivity index (χ1n) is 5.51. The lowest BCUT2D eigenvalue weighted by atomic mass is 10.00. The third kappa shape index (κ3) is 2.55. The zero-order valence-corrected chi connectivity index (χ0v) is 9.47. The highest BCUT2D eigenvalue weighted by Crippen LogP contribution is 2.18. The summed E-state index contributed by atoms with van der Waals surface area (Å²) >= 11 is 0. The van der Waals surface area contributed by atoms with Crippen molar-refractivity contribution in [1.82, 2.24) is 4.90 Å². The number of carbonyl (C=O) groups excluding carboxylic acids is 1. The molecular formula is C12H15N3O2. The zero-order chi connectivity index (χ0) is 12.3. The number of oxime groups is 1. The lowest BCUT2D eigenvalue weighted by molar-refractivity contribution is -0.130. The molecule has 2 rings (SSSR count). The van der Waals surface area contributed by atoms with Gasteiger partial charge in [-0.1, -0.05) is 29.4 Å². The van der Waals surface area contributed by atoms with Crippen LogP contribution in [0.15, 0.2) is 29.4 Å². The number of amides is 1. The van der Waals surface area contributed by atoms with Gasteiger partial charge in [-0.15, -0.1) is 0 Å². The van der Waals surface area contributed by atoms with Gasteiger partial charge in [0.1, 0.15) is 5.84 Å². The van der Waals surface area contributed by atoms with Crippen molar-refractivity contribution in [3.05, 3.63) is 35.4 Å². The molecule has 0 unspecified atom stereocenters. The molecule has 1 aromatic rings. The molecule has 0 saturated carbocycles. The normalized spacial score (nSPS) is 15.5. The maximum atomic E-state index is 11.8. The van der Waals surface area contributed by atoms with Crippen molar-refractivity contribution in [2.45, 2.75) is 19.4 Å². The van der Waals surface area contributed by atoms with Crippen LogP contribution in [0, 0.1) is 0 Å². The fraction of sp³-hybridized carbons (Fsp3) is 0.333. The van der Waals surface area contributed by atoms with E-state index in [9.17, 15) is 4.79 Å². The summed E-state index contributed by atoms with van der Waals surface area (Å²) in [7, 11) is 0. The van der Waals surface area contributed by atoms with Crippen molar-refractivity contribution in [2.24, 2.45) is 10.9 Å². The van der Waals surface area contributed by atoms with E-state index in [0.717, 1.165) is 6.42 Å². The second-order valence-corrected chi connectivity index (χ2v) is 4.10. The summed E-state index contributed by atoms with van der Waals surface area (Å²) in [6, 6.07) is 8.09. The number of nitrogens with zero attached hydrogens (tertiary/aromatic N) is 2. The Morgan fingerprint density at radius 3 is 2.82 bits per heavy atom. The van der Waals surface area contributed by atoms with Crippen LogP contribution < -0.4 is 5.73 Å². The molecule has 1 heterocycles. The Bertz CT molecular complexity index is 457. The monoisotopic (exact) mass is 233 g/mol. The van der Waals surface area contributed by atoms with Gasteiger partial charge in [0.2, 0.25) is 5.91 Å². The van der Waals surface area contributed by atoms with E-state index in [1.807, 2.05) is 18.2 Å². The summed E-state index contributed by atoms with van der Waals surface area (Å²) in [6.07, 6.45) is 0.830. The number of hydrogen-bond acceptors (Lipinski definition) is 3. The molecule has 0 radical (unpaired) electrons. The number of nitrogens with two attached hydrogens (primary N) is 1. The Kier molecular flexibility index (Phi) is 3.27. The fourth-order valence-corrected chi connectivity index (χ4v) is 2.01. The van der Waals surface area contributed by atoms with Gasteiger partial charge in [-0.2, -0.15) is 0 Å². The molecule has 1 aliphatic heterocycles. The van der Waals surface area contributed by atoms with Crippen LogP contribution >= 0.6 is 0 Å². The summed E-state index contributed by atoms with van der Waals surface area (Å²) in [6.45, 7) is 1.29. The maximum absolute atomic E-state index is 11.8. The van der Waals surface area contributed by atoms with E-state index in [1.54, 1.807) is 4.90 Å². The molecule has 3 N–H and O–H groups in total. The molecule has 0 fully saturated rings. The van der Waals surface area contributed by atoms with Gasteiger partial charge < -0.3 is 15.8 Å². The standard InChI is InChI=1S/C12H15N3O2/c13-11(14-17)7-12(16)15-6-5-9-3-1-2-4-10(9)8-15/h1-4,17H,5-8H2,(H2,13,14). The first-order valence-corrected chi connectivity index (χ1v) is 5.51. The Morgan fingerprint density at radius 2 is 2.12 bits per heavy atom. The number of rotatable bonds is 2. The average Bonchev–Trinajstić information content (AvgIpc) is 2.38. The van der Waals surface area contributed by atoms with Crippen LogP contribution in [0.5, 0.6) is 0 Å².